The first kappa shape index (κ1) is 18.6. The second-order valence-electron chi connectivity index (χ2n) is 6.98. The second kappa shape index (κ2) is 8.03. The highest BCUT2D eigenvalue weighted by Gasteiger charge is 2.48. The van der Waals surface area contributed by atoms with Gasteiger partial charge < -0.3 is 19.8 Å². The third-order valence-corrected chi connectivity index (χ3v) is 5.59. The largest absolute Gasteiger partial charge is 0.396 e. The molecule has 6 nitrogen and oxygen atoms in total. The van der Waals surface area contributed by atoms with Crippen molar-refractivity contribution in [2.24, 2.45) is 0 Å². The van der Waals surface area contributed by atoms with Crippen LogP contribution in [0.2, 0.25) is 0 Å². The summed E-state index contributed by atoms with van der Waals surface area (Å²) in [6.07, 6.45) is 2.95. The molecule has 142 valence electrons. The Labute approximate surface area is 153 Å². The number of carbonyl (C=O) groups is 2. The van der Waals surface area contributed by atoms with Crippen LogP contribution in [0.1, 0.15) is 31.7 Å². The maximum absolute atomic E-state index is 14.0. The Hall–Kier alpha value is -2.15. The van der Waals surface area contributed by atoms with Crippen molar-refractivity contribution in [2.75, 3.05) is 19.7 Å². The standard InChI is InChI=1S/C19H26FN3O3/c1-2-21(11-14-5-3-4-6-16(14)20)19(26)23-15-7-8-18(23)17(9-10-24)22(12-15)13-25/h3-6,13,15,17-18,24H,2,7-12H2,1H3/t15?,17-,18?/m1/s1. The van der Waals surface area contributed by atoms with Gasteiger partial charge in [0.15, 0.2) is 0 Å². The lowest BCUT2D eigenvalue weighted by atomic mass is 10.0. The predicted molar refractivity (Wildman–Crippen MR) is 94.8 cm³/mol. The number of amides is 3. The molecule has 2 fully saturated rings. The highest BCUT2D eigenvalue weighted by atomic mass is 19.1. The maximum atomic E-state index is 14.0. The van der Waals surface area contributed by atoms with Crippen molar-refractivity contribution in [3.8, 4) is 0 Å². The summed E-state index contributed by atoms with van der Waals surface area (Å²) in [6, 6.07) is 6.12. The van der Waals surface area contributed by atoms with Crippen LogP contribution in [0, 0.1) is 5.82 Å². The van der Waals surface area contributed by atoms with Gasteiger partial charge in [0, 0.05) is 25.3 Å². The van der Waals surface area contributed by atoms with E-state index < -0.39 is 0 Å². The molecular formula is C19H26FN3O3. The lowest BCUT2D eigenvalue weighted by Gasteiger charge is -2.46. The average molecular weight is 363 g/mol. The van der Waals surface area contributed by atoms with Gasteiger partial charge in [0.25, 0.3) is 0 Å². The molecule has 3 amide bonds. The van der Waals surface area contributed by atoms with E-state index in [0.717, 1.165) is 19.3 Å². The van der Waals surface area contributed by atoms with Crippen LogP contribution in [0.5, 0.6) is 0 Å². The first-order chi connectivity index (χ1) is 12.6. The number of piperazine rings is 1. The van der Waals surface area contributed by atoms with Crippen molar-refractivity contribution in [1.29, 1.82) is 0 Å². The summed E-state index contributed by atoms with van der Waals surface area (Å²) < 4.78 is 14.0. The molecule has 2 unspecified atom stereocenters. The number of rotatable bonds is 6. The Bertz CT molecular complexity index is 657. The molecule has 3 atom stereocenters. The number of hydrogen-bond acceptors (Lipinski definition) is 3. The van der Waals surface area contributed by atoms with Gasteiger partial charge in [0.05, 0.1) is 24.7 Å². The summed E-state index contributed by atoms with van der Waals surface area (Å²) >= 11 is 0. The van der Waals surface area contributed by atoms with E-state index in [9.17, 15) is 19.1 Å². The monoisotopic (exact) mass is 363 g/mol. The number of urea groups is 1. The number of halogens is 1. The molecule has 1 aromatic carbocycles. The number of carbonyl (C=O) groups excluding carboxylic acids is 2. The van der Waals surface area contributed by atoms with Crippen LogP contribution in [-0.2, 0) is 11.3 Å². The summed E-state index contributed by atoms with van der Waals surface area (Å²) in [5.41, 5.74) is 0.494. The molecule has 26 heavy (non-hydrogen) atoms. The zero-order valence-corrected chi connectivity index (χ0v) is 15.1. The van der Waals surface area contributed by atoms with E-state index in [-0.39, 0.29) is 43.1 Å². The summed E-state index contributed by atoms with van der Waals surface area (Å²) in [5.74, 6) is -0.314. The minimum atomic E-state index is -0.314. The van der Waals surface area contributed by atoms with Crippen LogP contribution in [-0.4, -0.2) is 70.1 Å². The molecule has 2 aliphatic rings. The molecule has 0 aliphatic carbocycles. The van der Waals surface area contributed by atoms with Crippen molar-refractivity contribution < 1.29 is 19.1 Å². The van der Waals surface area contributed by atoms with E-state index in [0.29, 0.717) is 25.1 Å². The van der Waals surface area contributed by atoms with Crippen molar-refractivity contribution in [3.63, 3.8) is 0 Å². The topological polar surface area (TPSA) is 64.1 Å². The average Bonchev–Trinajstić information content (AvgIpc) is 2.98. The number of aliphatic hydroxyl groups excluding tert-OH is 1. The molecular weight excluding hydrogens is 337 g/mol. The van der Waals surface area contributed by atoms with Gasteiger partial charge in [-0.2, -0.15) is 0 Å². The Morgan fingerprint density at radius 3 is 2.81 bits per heavy atom. The van der Waals surface area contributed by atoms with E-state index in [1.54, 1.807) is 28.0 Å². The summed E-state index contributed by atoms with van der Waals surface area (Å²) in [6.45, 7) is 3.05. The van der Waals surface area contributed by atoms with Crippen LogP contribution in [0.15, 0.2) is 24.3 Å². The zero-order valence-electron chi connectivity index (χ0n) is 15.1. The molecule has 2 saturated heterocycles. The second-order valence-corrected chi connectivity index (χ2v) is 6.98. The third-order valence-electron chi connectivity index (χ3n) is 5.59. The fourth-order valence-electron chi connectivity index (χ4n) is 4.29. The maximum Gasteiger partial charge on any atom is 0.320 e. The van der Waals surface area contributed by atoms with Crippen LogP contribution >= 0.6 is 0 Å². The highest BCUT2D eigenvalue weighted by molar-refractivity contribution is 5.76. The quantitative estimate of drug-likeness (QED) is 0.784. The molecule has 1 N–H and O–H groups in total. The van der Waals surface area contributed by atoms with Gasteiger partial charge in [-0.15, -0.1) is 0 Å². The molecule has 0 aromatic heterocycles. The van der Waals surface area contributed by atoms with Gasteiger partial charge in [0.2, 0.25) is 6.41 Å². The van der Waals surface area contributed by atoms with Crippen molar-refractivity contribution >= 4 is 12.4 Å². The fraction of sp³-hybridized carbons (Fsp3) is 0.579. The fourth-order valence-corrected chi connectivity index (χ4v) is 4.29. The molecule has 2 bridgehead atoms. The summed E-state index contributed by atoms with van der Waals surface area (Å²) in [4.78, 5) is 29.8. The van der Waals surface area contributed by atoms with Crippen LogP contribution in [0.25, 0.3) is 0 Å². The van der Waals surface area contributed by atoms with Crippen molar-refractivity contribution in [2.45, 2.75) is 50.9 Å². The minimum Gasteiger partial charge on any atom is -0.396 e. The smallest absolute Gasteiger partial charge is 0.320 e. The number of hydrogen-bond donors (Lipinski definition) is 1. The molecule has 0 spiro atoms. The summed E-state index contributed by atoms with van der Waals surface area (Å²) in [7, 11) is 0. The molecule has 3 rings (SSSR count). The van der Waals surface area contributed by atoms with E-state index in [1.165, 1.54) is 6.07 Å². The summed E-state index contributed by atoms with van der Waals surface area (Å²) in [5, 5.41) is 9.37. The van der Waals surface area contributed by atoms with Gasteiger partial charge in [-0.05, 0) is 32.3 Å². The molecule has 1 aromatic rings. The minimum absolute atomic E-state index is 0.0117. The third kappa shape index (κ3) is 3.40. The number of likely N-dealkylation sites (tertiary alicyclic amines) is 1. The van der Waals surface area contributed by atoms with E-state index >= 15 is 0 Å². The van der Waals surface area contributed by atoms with Crippen LogP contribution in [0.3, 0.4) is 0 Å². The van der Waals surface area contributed by atoms with Crippen molar-refractivity contribution in [3.05, 3.63) is 35.6 Å². The van der Waals surface area contributed by atoms with Crippen LogP contribution in [0.4, 0.5) is 9.18 Å². The van der Waals surface area contributed by atoms with Crippen LogP contribution < -0.4 is 0 Å². The van der Waals surface area contributed by atoms with Gasteiger partial charge in [-0.1, -0.05) is 18.2 Å². The van der Waals surface area contributed by atoms with Crippen molar-refractivity contribution in [1.82, 2.24) is 14.7 Å². The first-order valence-electron chi connectivity index (χ1n) is 9.23. The van der Waals surface area contributed by atoms with E-state index in [4.69, 9.17) is 0 Å². The lowest BCUT2D eigenvalue weighted by molar-refractivity contribution is -0.124. The van der Waals surface area contributed by atoms with Gasteiger partial charge >= 0.3 is 6.03 Å². The van der Waals surface area contributed by atoms with E-state index in [1.807, 2.05) is 11.8 Å². The predicted octanol–water partition coefficient (Wildman–Crippen LogP) is 1.82. The SMILES string of the molecule is CCN(Cc1ccccc1F)C(=O)N1C2CCC1[C@@H](CCO)N(C=O)C2. The normalized spacial score (nSPS) is 24.7. The Balaban J connectivity index is 1.79. The Morgan fingerprint density at radius 1 is 1.38 bits per heavy atom. The number of benzene rings is 1. The molecule has 0 radical (unpaired) electrons. The lowest BCUT2D eigenvalue weighted by Crippen LogP contribution is -2.63. The molecule has 2 aliphatic heterocycles. The number of nitrogens with zero attached hydrogens (tertiary/aromatic N) is 3. The van der Waals surface area contributed by atoms with Gasteiger partial charge in [-0.3, -0.25) is 4.79 Å². The van der Waals surface area contributed by atoms with Gasteiger partial charge in [-0.25, -0.2) is 9.18 Å². The Morgan fingerprint density at radius 2 is 2.15 bits per heavy atom. The van der Waals surface area contributed by atoms with Gasteiger partial charge in [0.1, 0.15) is 5.82 Å². The Kier molecular flexibility index (Phi) is 5.76. The molecule has 0 saturated carbocycles. The number of aliphatic hydroxyl groups is 1. The molecule has 7 heteroatoms. The highest BCUT2D eigenvalue weighted by Crippen LogP contribution is 2.36. The van der Waals surface area contributed by atoms with E-state index in [2.05, 4.69) is 0 Å². The molecule has 2 heterocycles. The zero-order chi connectivity index (χ0) is 18.7. The first-order valence-corrected chi connectivity index (χ1v) is 9.23. The number of fused-ring (bicyclic) bond motifs is 2.